The van der Waals surface area contributed by atoms with Crippen LogP contribution < -0.4 is 0 Å². The van der Waals surface area contributed by atoms with Crippen LogP contribution >= 0.6 is 24.0 Å². The quantitative estimate of drug-likeness (QED) is 0.250. The molecule has 5 aromatic rings. The van der Waals surface area contributed by atoms with Gasteiger partial charge in [-0.1, -0.05) is 115 Å². The summed E-state index contributed by atoms with van der Waals surface area (Å²) in [6, 6.07) is 36.7. The molecule has 1 aliphatic rings. The maximum absolute atomic E-state index is 13.8. The third kappa shape index (κ3) is 3.41. The van der Waals surface area contributed by atoms with E-state index in [0.29, 0.717) is 11.1 Å². The fourth-order valence-electron chi connectivity index (χ4n) is 4.51. The number of fused-ring (bicyclic) bond motifs is 3. The zero-order valence-electron chi connectivity index (χ0n) is 17.6. The number of ketones is 1. The summed E-state index contributed by atoms with van der Waals surface area (Å²) in [4.78, 5) is 16.6. The van der Waals surface area contributed by atoms with Crippen LogP contribution in [0.1, 0.15) is 27.0 Å². The molecule has 1 aliphatic carbocycles. The minimum Gasteiger partial charge on any atom is -0.289 e. The summed E-state index contributed by atoms with van der Waals surface area (Å²) in [5.41, 5.74) is 5.17. The number of carbonyl (C=O) groups excluding carboxylic acids is 1. The van der Waals surface area contributed by atoms with Gasteiger partial charge in [0.15, 0.2) is 5.78 Å². The summed E-state index contributed by atoms with van der Waals surface area (Å²) in [6.07, 6.45) is 0. The van der Waals surface area contributed by atoms with E-state index in [-0.39, 0.29) is 5.78 Å². The van der Waals surface area contributed by atoms with E-state index >= 15 is 0 Å². The average molecular weight is 459 g/mol. The van der Waals surface area contributed by atoms with Crippen LogP contribution in [-0.4, -0.2) is 10.6 Å². The second-order valence-electron chi connectivity index (χ2n) is 8.04. The van der Waals surface area contributed by atoms with E-state index in [4.69, 9.17) is 12.2 Å². The second-order valence-corrected chi connectivity index (χ2v) is 9.57. The molecular weight excluding hydrogens is 440 g/mol. The fraction of sp³-hybridized carbons (Fsp3) is 0. The van der Waals surface area contributed by atoms with Gasteiger partial charge in [-0.3, -0.25) is 4.79 Å². The van der Waals surface area contributed by atoms with E-state index in [2.05, 4.69) is 42.5 Å². The Kier molecular flexibility index (Phi) is 4.94. The summed E-state index contributed by atoms with van der Waals surface area (Å²) < 4.78 is 0. The van der Waals surface area contributed by atoms with Gasteiger partial charge in [0.2, 0.25) is 0 Å². The Balaban J connectivity index is 1.47. The molecule has 0 aliphatic heterocycles. The van der Waals surface area contributed by atoms with Crippen molar-refractivity contribution in [3.8, 4) is 11.1 Å². The molecule has 5 aromatic carbocycles. The van der Waals surface area contributed by atoms with Crippen LogP contribution in [0.2, 0.25) is 0 Å². The maximum Gasteiger partial charge on any atom is 0.195 e. The van der Waals surface area contributed by atoms with Gasteiger partial charge in [0.25, 0.3) is 0 Å². The van der Waals surface area contributed by atoms with Crippen molar-refractivity contribution >= 4 is 45.4 Å². The zero-order chi connectivity index (χ0) is 22.4. The van der Waals surface area contributed by atoms with Crippen LogP contribution in [0.5, 0.6) is 0 Å². The van der Waals surface area contributed by atoms with Gasteiger partial charge in [0, 0.05) is 32.0 Å². The third-order valence-electron chi connectivity index (χ3n) is 6.07. The van der Waals surface area contributed by atoms with Crippen molar-refractivity contribution in [3.63, 3.8) is 0 Å². The maximum atomic E-state index is 13.8. The van der Waals surface area contributed by atoms with Crippen LogP contribution in [0.4, 0.5) is 0 Å². The summed E-state index contributed by atoms with van der Waals surface area (Å²) in [6.45, 7) is 0. The molecule has 0 saturated heterocycles. The Morgan fingerprint density at radius 2 is 1.27 bits per heavy atom. The lowest BCUT2D eigenvalue weighted by molar-refractivity contribution is 0.103. The van der Waals surface area contributed by atoms with E-state index in [9.17, 15) is 4.79 Å². The highest BCUT2D eigenvalue weighted by molar-refractivity contribution is 7.99. The molecule has 1 nitrogen and oxygen atoms in total. The SMILES string of the molecule is O=C1c2cccc(-c3ccccc3)c2C(=S)c2cccc(Sc3ccc4ccccc4c3)c21. The Morgan fingerprint density at radius 3 is 2.12 bits per heavy atom. The van der Waals surface area contributed by atoms with Crippen molar-refractivity contribution in [2.24, 2.45) is 0 Å². The van der Waals surface area contributed by atoms with Gasteiger partial charge < -0.3 is 0 Å². The molecule has 0 saturated carbocycles. The highest BCUT2D eigenvalue weighted by Crippen LogP contribution is 2.40. The van der Waals surface area contributed by atoms with E-state index < -0.39 is 0 Å². The summed E-state index contributed by atoms with van der Waals surface area (Å²) in [5.74, 6) is 0.0373. The lowest BCUT2D eigenvalue weighted by Gasteiger charge is -2.24. The summed E-state index contributed by atoms with van der Waals surface area (Å²) in [5, 5.41) is 2.39. The predicted octanol–water partition coefficient (Wildman–Crippen LogP) is 7.97. The van der Waals surface area contributed by atoms with Crippen LogP contribution in [-0.2, 0) is 0 Å². The van der Waals surface area contributed by atoms with Crippen molar-refractivity contribution in [1.29, 1.82) is 0 Å². The zero-order valence-corrected chi connectivity index (χ0v) is 19.3. The largest absolute Gasteiger partial charge is 0.289 e. The van der Waals surface area contributed by atoms with Gasteiger partial charge in [0.05, 0.1) is 4.86 Å². The number of rotatable bonds is 3. The minimum absolute atomic E-state index is 0.0373. The Hall–Kier alpha value is -3.53. The van der Waals surface area contributed by atoms with E-state index in [1.54, 1.807) is 11.8 Å². The Morgan fingerprint density at radius 1 is 0.576 bits per heavy atom. The molecule has 0 atom stereocenters. The smallest absolute Gasteiger partial charge is 0.195 e. The van der Waals surface area contributed by atoms with Gasteiger partial charge in [-0.05, 0) is 40.1 Å². The first-order valence-corrected chi connectivity index (χ1v) is 12.0. The van der Waals surface area contributed by atoms with E-state index in [0.717, 1.165) is 36.9 Å². The molecule has 0 radical (unpaired) electrons. The molecule has 0 amide bonds. The second kappa shape index (κ2) is 8.11. The molecule has 3 heteroatoms. The first kappa shape index (κ1) is 20.1. The number of benzene rings is 5. The van der Waals surface area contributed by atoms with Crippen LogP contribution in [0.25, 0.3) is 21.9 Å². The third-order valence-corrected chi connectivity index (χ3v) is 7.54. The van der Waals surface area contributed by atoms with Gasteiger partial charge in [0.1, 0.15) is 0 Å². The number of hydrogen-bond acceptors (Lipinski definition) is 3. The summed E-state index contributed by atoms with van der Waals surface area (Å²) >= 11 is 7.60. The molecule has 0 fully saturated rings. The van der Waals surface area contributed by atoms with E-state index in [1.165, 1.54) is 10.8 Å². The highest BCUT2D eigenvalue weighted by Gasteiger charge is 2.31. The summed E-state index contributed by atoms with van der Waals surface area (Å²) in [7, 11) is 0. The van der Waals surface area contributed by atoms with Gasteiger partial charge in [-0.2, -0.15) is 0 Å². The Bertz CT molecular complexity index is 1570. The molecule has 0 spiro atoms. The molecule has 0 heterocycles. The molecule has 6 rings (SSSR count). The van der Waals surface area contributed by atoms with Gasteiger partial charge in [-0.25, -0.2) is 0 Å². The van der Waals surface area contributed by atoms with Crippen LogP contribution in [0.15, 0.2) is 119 Å². The molecule has 156 valence electrons. The van der Waals surface area contributed by atoms with Crippen LogP contribution in [0.3, 0.4) is 0 Å². The molecule has 0 bridgehead atoms. The standard InChI is InChI=1S/C30H18OS2/c31-29-24-13-6-12-23(20-9-2-1-3-10-20)27(24)30(32)25-14-7-15-26(28(25)29)33-22-17-16-19-8-4-5-11-21(19)18-22/h1-18H. The fourth-order valence-corrected chi connectivity index (χ4v) is 5.93. The topological polar surface area (TPSA) is 17.1 Å². The normalized spacial score (nSPS) is 12.5. The molecular formula is C30H18OS2. The number of carbonyl (C=O) groups is 1. The monoisotopic (exact) mass is 458 g/mol. The van der Waals surface area contributed by atoms with Crippen molar-refractivity contribution < 1.29 is 4.79 Å². The van der Waals surface area contributed by atoms with Crippen molar-refractivity contribution in [2.75, 3.05) is 0 Å². The minimum atomic E-state index is 0.0373. The number of thiocarbonyl (C=S) groups is 1. The van der Waals surface area contributed by atoms with Crippen molar-refractivity contribution in [3.05, 3.63) is 131 Å². The van der Waals surface area contributed by atoms with Gasteiger partial charge in [-0.15, -0.1) is 0 Å². The van der Waals surface area contributed by atoms with Crippen LogP contribution in [0, 0.1) is 0 Å². The van der Waals surface area contributed by atoms with Gasteiger partial charge >= 0.3 is 0 Å². The first-order valence-electron chi connectivity index (χ1n) is 10.8. The molecule has 0 N–H and O–H groups in total. The first-order chi connectivity index (χ1) is 16.2. The lowest BCUT2D eigenvalue weighted by atomic mass is 9.81. The van der Waals surface area contributed by atoms with Crippen molar-refractivity contribution in [2.45, 2.75) is 9.79 Å². The highest BCUT2D eigenvalue weighted by atomic mass is 32.2. The van der Waals surface area contributed by atoms with Crippen molar-refractivity contribution in [1.82, 2.24) is 0 Å². The molecule has 0 aromatic heterocycles. The predicted molar refractivity (Wildman–Crippen MR) is 141 cm³/mol. The Labute approximate surface area is 202 Å². The number of hydrogen-bond donors (Lipinski definition) is 0. The molecule has 33 heavy (non-hydrogen) atoms. The average Bonchev–Trinajstić information content (AvgIpc) is 2.87. The molecule has 0 unspecified atom stereocenters. The van der Waals surface area contributed by atoms with E-state index in [1.807, 2.05) is 66.7 Å². The lowest BCUT2D eigenvalue weighted by Crippen LogP contribution is -2.22.